The van der Waals surface area contributed by atoms with Crippen molar-refractivity contribution in [2.24, 2.45) is 0 Å². The van der Waals surface area contributed by atoms with E-state index in [-0.39, 0.29) is 6.61 Å². The Morgan fingerprint density at radius 3 is 2.95 bits per heavy atom. The van der Waals surface area contributed by atoms with Crippen LogP contribution in [0.4, 0.5) is 10.5 Å². The third-order valence-electron chi connectivity index (χ3n) is 3.11. The quantitative estimate of drug-likeness (QED) is 0.859. The van der Waals surface area contributed by atoms with Crippen LogP contribution in [0.15, 0.2) is 35.3 Å². The van der Waals surface area contributed by atoms with E-state index in [1.807, 2.05) is 6.07 Å². The van der Waals surface area contributed by atoms with E-state index in [1.54, 1.807) is 12.1 Å². The summed E-state index contributed by atoms with van der Waals surface area (Å²) >= 11 is 3.37. The van der Waals surface area contributed by atoms with Crippen LogP contribution in [0.1, 0.15) is 12.0 Å². The fraction of sp³-hybridized carbons (Fsp3) is 0.286. The average Bonchev–Trinajstić information content (AvgIpc) is 2.42. The summed E-state index contributed by atoms with van der Waals surface area (Å²) in [6.45, 7) is 3.52. The zero-order chi connectivity index (χ0) is 14.7. The molecule has 0 fully saturated rings. The van der Waals surface area contributed by atoms with Gasteiger partial charge in [0.2, 0.25) is 0 Å². The van der Waals surface area contributed by atoms with Gasteiger partial charge in [-0.05, 0) is 36.6 Å². The second-order valence-corrected chi connectivity index (χ2v) is 5.32. The maximum absolute atomic E-state index is 12.1. The second kappa shape index (κ2) is 6.09. The van der Waals surface area contributed by atoms with Gasteiger partial charge in [-0.25, -0.2) is 9.59 Å². The summed E-state index contributed by atoms with van der Waals surface area (Å²) in [5, 5.41) is 9.28. The summed E-state index contributed by atoms with van der Waals surface area (Å²) in [4.78, 5) is 24.6. The number of carboxylic acids is 1. The van der Waals surface area contributed by atoms with E-state index in [4.69, 9.17) is 4.74 Å². The van der Waals surface area contributed by atoms with Crippen molar-refractivity contribution in [1.82, 2.24) is 0 Å². The smallest absolute Gasteiger partial charge is 0.415 e. The van der Waals surface area contributed by atoms with Crippen molar-refractivity contribution >= 4 is 33.7 Å². The monoisotopic (exact) mass is 339 g/mol. The van der Waals surface area contributed by atoms with E-state index in [2.05, 4.69) is 22.5 Å². The van der Waals surface area contributed by atoms with Crippen LogP contribution in [0.5, 0.6) is 0 Å². The average molecular weight is 340 g/mol. The molecule has 106 valence electrons. The van der Waals surface area contributed by atoms with Crippen molar-refractivity contribution < 1.29 is 19.4 Å². The number of rotatable bonds is 3. The van der Waals surface area contributed by atoms with Crippen molar-refractivity contribution in [3.8, 4) is 0 Å². The summed E-state index contributed by atoms with van der Waals surface area (Å²) in [7, 11) is 0. The molecule has 1 amide bonds. The van der Waals surface area contributed by atoms with Crippen molar-refractivity contribution in [2.45, 2.75) is 18.9 Å². The minimum atomic E-state index is -1.03. The summed E-state index contributed by atoms with van der Waals surface area (Å²) in [6, 6.07) is 4.49. The molecule has 0 bridgehead atoms. The Morgan fingerprint density at radius 1 is 1.55 bits per heavy atom. The van der Waals surface area contributed by atoms with Crippen molar-refractivity contribution in [3.63, 3.8) is 0 Å². The third-order valence-corrected chi connectivity index (χ3v) is 3.60. The predicted octanol–water partition coefficient (Wildman–Crippen LogP) is 2.98. The highest BCUT2D eigenvalue weighted by molar-refractivity contribution is 9.10. The lowest BCUT2D eigenvalue weighted by Gasteiger charge is -2.33. The lowest BCUT2D eigenvalue weighted by atomic mass is 9.96. The molecule has 1 atom stereocenters. The zero-order valence-corrected chi connectivity index (χ0v) is 12.3. The number of hydrogen-bond donors (Lipinski definition) is 1. The number of benzene rings is 1. The van der Waals surface area contributed by atoms with Gasteiger partial charge in [0.25, 0.3) is 0 Å². The number of ether oxygens (including phenoxy) is 1. The molecular weight excluding hydrogens is 326 g/mol. The van der Waals surface area contributed by atoms with Crippen LogP contribution >= 0.6 is 15.9 Å². The van der Waals surface area contributed by atoms with Crippen molar-refractivity contribution in [1.29, 1.82) is 0 Å². The Hall–Kier alpha value is -1.82. The van der Waals surface area contributed by atoms with Crippen LogP contribution in [0.2, 0.25) is 0 Å². The Kier molecular flexibility index (Phi) is 4.44. The Balaban J connectivity index is 2.39. The van der Waals surface area contributed by atoms with E-state index in [1.165, 1.54) is 11.0 Å². The minimum Gasteiger partial charge on any atom is -0.480 e. The number of anilines is 1. The molecule has 1 unspecified atom stereocenters. The number of aliphatic carboxylic acids is 1. The number of carbonyl (C=O) groups excluding carboxylic acids is 1. The van der Waals surface area contributed by atoms with Crippen LogP contribution in [0.3, 0.4) is 0 Å². The van der Waals surface area contributed by atoms with E-state index < -0.39 is 18.1 Å². The Morgan fingerprint density at radius 2 is 2.30 bits per heavy atom. The molecule has 0 spiro atoms. The van der Waals surface area contributed by atoms with E-state index >= 15 is 0 Å². The minimum absolute atomic E-state index is 0.0491. The highest BCUT2D eigenvalue weighted by Gasteiger charge is 2.36. The molecule has 6 heteroatoms. The molecule has 2 rings (SSSR count). The third kappa shape index (κ3) is 2.85. The van der Waals surface area contributed by atoms with Crippen LogP contribution in [-0.2, 0) is 16.0 Å². The van der Waals surface area contributed by atoms with Crippen molar-refractivity contribution in [2.75, 3.05) is 11.5 Å². The first-order valence-electron chi connectivity index (χ1n) is 6.12. The van der Waals surface area contributed by atoms with Gasteiger partial charge >= 0.3 is 12.1 Å². The number of aryl methyl sites for hydroxylation is 1. The number of nitrogens with zero attached hydrogens (tertiary/aromatic N) is 1. The van der Waals surface area contributed by atoms with E-state index in [0.717, 1.165) is 10.0 Å². The molecule has 0 radical (unpaired) electrons. The van der Waals surface area contributed by atoms with E-state index in [9.17, 15) is 14.7 Å². The standard InChI is InChI=1S/C14H14BrNO4/c1-2-7-20-14(19)16-11-6-4-10(15)8-9(11)3-5-12(16)13(17)18/h2,4,6,8,12H,1,3,5,7H2,(H,17,18). The molecule has 20 heavy (non-hydrogen) atoms. The largest absolute Gasteiger partial charge is 0.480 e. The molecule has 5 nitrogen and oxygen atoms in total. The topological polar surface area (TPSA) is 66.8 Å². The molecule has 0 saturated heterocycles. The SMILES string of the molecule is C=CCOC(=O)N1c2ccc(Br)cc2CCC1C(=O)O. The van der Waals surface area contributed by atoms with Gasteiger partial charge in [0.05, 0.1) is 5.69 Å². The second-order valence-electron chi connectivity index (χ2n) is 4.40. The fourth-order valence-electron chi connectivity index (χ4n) is 2.24. The Labute approximate surface area is 125 Å². The van der Waals surface area contributed by atoms with Crippen LogP contribution < -0.4 is 4.90 Å². The molecule has 1 aliphatic heterocycles. The molecule has 1 aromatic rings. The first-order valence-corrected chi connectivity index (χ1v) is 6.92. The fourth-order valence-corrected chi connectivity index (χ4v) is 2.65. The molecule has 0 aliphatic carbocycles. The molecule has 1 aromatic carbocycles. The summed E-state index contributed by atoms with van der Waals surface area (Å²) in [5.41, 5.74) is 1.51. The van der Waals surface area contributed by atoms with E-state index in [0.29, 0.717) is 18.5 Å². The predicted molar refractivity (Wildman–Crippen MR) is 77.9 cm³/mol. The number of halogens is 1. The normalized spacial score (nSPS) is 17.2. The molecule has 0 saturated carbocycles. The van der Waals surface area contributed by atoms with Gasteiger partial charge < -0.3 is 9.84 Å². The van der Waals surface area contributed by atoms with Gasteiger partial charge in [0.15, 0.2) is 0 Å². The van der Waals surface area contributed by atoms with Gasteiger partial charge in [0, 0.05) is 4.47 Å². The lowest BCUT2D eigenvalue weighted by molar-refractivity contribution is -0.138. The van der Waals surface area contributed by atoms with Gasteiger partial charge in [-0.15, -0.1) is 0 Å². The maximum Gasteiger partial charge on any atom is 0.415 e. The number of fused-ring (bicyclic) bond motifs is 1. The summed E-state index contributed by atoms with van der Waals surface area (Å²) in [6.07, 6.45) is 1.75. The van der Waals surface area contributed by atoms with Crippen LogP contribution in [-0.4, -0.2) is 29.8 Å². The number of hydrogen-bond acceptors (Lipinski definition) is 3. The summed E-state index contributed by atoms with van der Waals surface area (Å²) in [5.74, 6) is -1.03. The molecule has 1 heterocycles. The zero-order valence-electron chi connectivity index (χ0n) is 10.7. The van der Waals surface area contributed by atoms with Crippen molar-refractivity contribution in [3.05, 3.63) is 40.9 Å². The Bertz CT molecular complexity index is 558. The molecule has 0 aromatic heterocycles. The van der Waals surface area contributed by atoms with Gasteiger partial charge in [-0.3, -0.25) is 4.90 Å². The van der Waals surface area contributed by atoms with Gasteiger partial charge in [-0.1, -0.05) is 28.6 Å². The number of carboxylic acid groups (broad SMARTS) is 1. The van der Waals surface area contributed by atoms with Gasteiger partial charge in [0.1, 0.15) is 12.6 Å². The number of amides is 1. The molecular formula is C14H14BrNO4. The number of carbonyl (C=O) groups is 2. The summed E-state index contributed by atoms with van der Waals surface area (Å²) < 4.78 is 5.89. The maximum atomic E-state index is 12.1. The lowest BCUT2D eigenvalue weighted by Crippen LogP contribution is -2.48. The highest BCUT2D eigenvalue weighted by atomic mass is 79.9. The highest BCUT2D eigenvalue weighted by Crippen LogP contribution is 2.33. The van der Waals surface area contributed by atoms with Crippen LogP contribution in [0.25, 0.3) is 0 Å². The van der Waals surface area contributed by atoms with Crippen LogP contribution in [0, 0.1) is 0 Å². The molecule has 1 aliphatic rings. The molecule has 1 N–H and O–H groups in total. The van der Waals surface area contributed by atoms with Gasteiger partial charge in [-0.2, -0.15) is 0 Å². The first-order chi connectivity index (χ1) is 9.54. The first kappa shape index (κ1) is 14.6.